The van der Waals surface area contributed by atoms with E-state index < -0.39 is 0 Å². The molecular formula is C16H24N2. The van der Waals surface area contributed by atoms with E-state index in [0.29, 0.717) is 0 Å². The molecule has 0 unspecified atom stereocenters. The molecule has 0 aliphatic carbocycles. The number of rotatable bonds is 6. The van der Waals surface area contributed by atoms with E-state index in [0.717, 1.165) is 30.8 Å². The Morgan fingerprint density at radius 3 is 2.50 bits per heavy atom. The highest BCUT2D eigenvalue weighted by Gasteiger charge is 2.12. The maximum Gasteiger partial charge on any atom is 0.109 e. The summed E-state index contributed by atoms with van der Waals surface area (Å²) in [6, 6.07) is 8.51. The first kappa shape index (κ1) is 13.1. The summed E-state index contributed by atoms with van der Waals surface area (Å²) in [6.45, 7) is 7.91. The molecule has 0 aliphatic rings. The van der Waals surface area contributed by atoms with Crippen molar-refractivity contribution in [3.8, 4) is 0 Å². The zero-order valence-electron chi connectivity index (χ0n) is 11.8. The summed E-state index contributed by atoms with van der Waals surface area (Å²) >= 11 is 0. The molecule has 0 fully saturated rings. The van der Waals surface area contributed by atoms with Gasteiger partial charge in [-0.25, -0.2) is 4.98 Å². The van der Waals surface area contributed by atoms with Crippen molar-refractivity contribution in [2.24, 2.45) is 5.92 Å². The van der Waals surface area contributed by atoms with Crippen molar-refractivity contribution in [2.75, 3.05) is 0 Å². The Balaban J connectivity index is 2.41. The Hall–Kier alpha value is -1.31. The second-order valence-electron chi connectivity index (χ2n) is 5.06. The van der Waals surface area contributed by atoms with Crippen molar-refractivity contribution in [3.05, 3.63) is 30.1 Å². The Morgan fingerprint density at radius 2 is 1.83 bits per heavy atom. The number of fused-ring (bicyclic) bond motifs is 1. The summed E-state index contributed by atoms with van der Waals surface area (Å²) < 4.78 is 2.44. The molecule has 1 aromatic carbocycles. The molecule has 0 N–H and O–H groups in total. The minimum Gasteiger partial charge on any atom is -0.328 e. The van der Waals surface area contributed by atoms with Crippen LogP contribution in [0.5, 0.6) is 0 Å². The third-order valence-corrected chi connectivity index (χ3v) is 3.80. The van der Waals surface area contributed by atoms with Gasteiger partial charge >= 0.3 is 0 Å². The van der Waals surface area contributed by atoms with Crippen LogP contribution in [0, 0.1) is 5.92 Å². The highest BCUT2D eigenvalue weighted by Crippen LogP contribution is 2.21. The zero-order chi connectivity index (χ0) is 13.0. The number of hydrogen-bond donors (Lipinski definition) is 0. The normalized spacial score (nSPS) is 11.6. The molecule has 0 saturated carbocycles. The number of nitrogens with zero attached hydrogens (tertiary/aromatic N) is 2. The quantitative estimate of drug-likeness (QED) is 0.735. The molecule has 2 aromatic rings. The molecule has 0 bridgehead atoms. The molecule has 0 spiro atoms. The van der Waals surface area contributed by atoms with E-state index in [1.807, 2.05) is 0 Å². The van der Waals surface area contributed by atoms with Crippen molar-refractivity contribution in [1.29, 1.82) is 0 Å². The van der Waals surface area contributed by atoms with Gasteiger partial charge in [0.15, 0.2) is 0 Å². The van der Waals surface area contributed by atoms with Gasteiger partial charge in [0, 0.05) is 13.0 Å². The zero-order valence-corrected chi connectivity index (χ0v) is 11.8. The molecule has 2 rings (SSSR count). The van der Waals surface area contributed by atoms with Crippen LogP contribution in [0.15, 0.2) is 24.3 Å². The lowest BCUT2D eigenvalue weighted by Crippen LogP contribution is -2.12. The van der Waals surface area contributed by atoms with Crippen LogP contribution in [0.4, 0.5) is 0 Å². The Bertz CT molecular complexity index is 495. The summed E-state index contributed by atoms with van der Waals surface area (Å²) in [5.74, 6) is 2.02. The Labute approximate surface area is 110 Å². The van der Waals surface area contributed by atoms with Crippen LogP contribution in [0.2, 0.25) is 0 Å². The van der Waals surface area contributed by atoms with Crippen LogP contribution >= 0.6 is 0 Å². The van der Waals surface area contributed by atoms with Gasteiger partial charge in [-0.05, 0) is 24.5 Å². The van der Waals surface area contributed by atoms with Gasteiger partial charge in [0.25, 0.3) is 0 Å². The van der Waals surface area contributed by atoms with Crippen molar-refractivity contribution in [3.63, 3.8) is 0 Å². The van der Waals surface area contributed by atoms with Gasteiger partial charge < -0.3 is 4.57 Å². The van der Waals surface area contributed by atoms with Gasteiger partial charge in [-0.3, -0.25) is 0 Å². The minimum absolute atomic E-state index is 0.762. The van der Waals surface area contributed by atoms with Gasteiger partial charge in [-0.1, -0.05) is 45.7 Å². The number of para-hydroxylation sites is 2. The highest BCUT2D eigenvalue weighted by atomic mass is 15.1. The molecule has 1 aromatic heterocycles. The molecule has 98 valence electrons. The van der Waals surface area contributed by atoms with Crippen LogP contribution in [0.25, 0.3) is 11.0 Å². The standard InChI is InChI=1S/C16H24N2/c1-4-9-16-17-14-10-7-8-11-15(14)18(16)12-13(5-2)6-3/h7-8,10-11,13H,4-6,9,12H2,1-3H3. The fraction of sp³-hybridized carbons (Fsp3) is 0.562. The van der Waals surface area contributed by atoms with E-state index >= 15 is 0 Å². The lowest BCUT2D eigenvalue weighted by atomic mass is 10.0. The smallest absolute Gasteiger partial charge is 0.109 e. The van der Waals surface area contributed by atoms with E-state index in [4.69, 9.17) is 4.98 Å². The third-order valence-electron chi connectivity index (χ3n) is 3.80. The summed E-state index contributed by atoms with van der Waals surface area (Å²) in [5.41, 5.74) is 2.44. The molecule has 0 saturated heterocycles. The van der Waals surface area contributed by atoms with Gasteiger partial charge in [-0.2, -0.15) is 0 Å². The van der Waals surface area contributed by atoms with Crippen molar-refractivity contribution in [1.82, 2.24) is 9.55 Å². The van der Waals surface area contributed by atoms with Crippen LogP contribution in [-0.2, 0) is 13.0 Å². The molecule has 2 heteroatoms. The largest absolute Gasteiger partial charge is 0.328 e. The fourth-order valence-electron chi connectivity index (χ4n) is 2.55. The molecule has 0 radical (unpaired) electrons. The molecule has 0 aliphatic heterocycles. The minimum atomic E-state index is 0.762. The van der Waals surface area contributed by atoms with Gasteiger partial charge in [0.1, 0.15) is 5.82 Å². The average molecular weight is 244 g/mol. The number of hydrogen-bond acceptors (Lipinski definition) is 1. The second-order valence-corrected chi connectivity index (χ2v) is 5.06. The fourth-order valence-corrected chi connectivity index (χ4v) is 2.55. The van der Waals surface area contributed by atoms with Gasteiger partial charge in [-0.15, -0.1) is 0 Å². The molecule has 2 nitrogen and oxygen atoms in total. The van der Waals surface area contributed by atoms with Crippen molar-refractivity contribution >= 4 is 11.0 Å². The van der Waals surface area contributed by atoms with E-state index in [-0.39, 0.29) is 0 Å². The molecule has 18 heavy (non-hydrogen) atoms. The SMILES string of the molecule is CCCc1nc2ccccc2n1CC(CC)CC. The predicted octanol–water partition coefficient (Wildman–Crippen LogP) is 4.43. The van der Waals surface area contributed by atoms with Gasteiger partial charge in [0.05, 0.1) is 11.0 Å². The van der Waals surface area contributed by atoms with Crippen LogP contribution in [-0.4, -0.2) is 9.55 Å². The number of benzene rings is 1. The predicted molar refractivity (Wildman–Crippen MR) is 77.8 cm³/mol. The van der Waals surface area contributed by atoms with Crippen molar-refractivity contribution < 1.29 is 0 Å². The van der Waals surface area contributed by atoms with E-state index in [1.165, 1.54) is 24.2 Å². The van der Waals surface area contributed by atoms with E-state index in [1.54, 1.807) is 0 Å². The van der Waals surface area contributed by atoms with Crippen LogP contribution in [0.3, 0.4) is 0 Å². The van der Waals surface area contributed by atoms with Crippen molar-refractivity contribution in [2.45, 2.75) is 53.0 Å². The Kier molecular flexibility index (Phi) is 4.40. The lowest BCUT2D eigenvalue weighted by Gasteiger charge is -2.16. The average Bonchev–Trinajstić information content (AvgIpc) is 2.74. The van der Waals surface area contributed by atoms with E-state index in [2.05, 4.69) is 49.6 Å². The van der Waals surface area contributed by atoms with E-state index in [9.17, 15) is 0 Å². The number of imidazole rings is 1. The molecule has 1 heterocycles. The lowest BCUT2D eigenvalue weighted by molar-refractivity contribution is 0.416. The second kappa shape index (κ2) is 6.03. The summed E-state index contributed by atoms with van der Waals surface area (Å²) in [5, 5.41) is 0. The maximum atomic E-state index is 4.79. The summed E-state index contributed by atoms with van der Waals surface area (Å²) in [7, 11) is 0. The highest BCUT2D eigenvalue weighted by molar-refractivity contribution is 5.75. The van der Waals surface area contributed by atoms with Gasteiger partial charge in [0.2, 0.25) is 0 Å². The van der Waals surface area contributed by atoms with Crippen LogP contribution in [0.1, 0.15) is 45.9 Å². The monoisotopic (exact) mass is 244 g/mol. The summed E-state index contributed by atoms with van der Waals surface area (Å²) in [4.78, 5) is 4.79. The first-order valence-corrected chi connectivity index (χ1v) is 7.24. The van der Waals surface area contributed by atoms with Crippen LogP contribution < -0.4 is 0 Å². The first-order chi connectivity index (χ1) is 8.80. The molecular weight excluding hydrogens is 220 g/mol. The third kappa shape index (κ3) is 2.58. The summed E-state index contributed by atoms with van der Waals surface area (Å²) in [6.07, 6.45) is 4.73. The number of aromatic nitrogens is 2. The maximum absolute atomic E-state index is 4.79. The molecule has 0 amide bonds. The number of aryl methyl sites for hydroxylation is 1. The molecule has 0 atom stereocenters. The Morgan fingerprint density at radius 1 is 1.11 bits per heavy atom. The topological polar surface area (TPSA) is 17.8 Å². The first-order valence-electron chi connectivity index (χ1n) is 7.24.